The van der Waals surface area contributed by atoms with Crippen molar-refractivity contribution in [3.05, 3.63) is 39.4 Å². The van der Waals surface area contributed by atoms with Gasteiger partial charge in [0.1, 0.15) is 0 Å². The Hall–Kier alpha value is -1.40. The summed E-state index contributed by atoms with van der Waals surface area (Å²) in [5.41, 5.74) is 0.617. The third kappa shape index (κ3) is 2.58. The van der Waals surface area contributed by atoms with Crippen LogP contribution in [0.3, 0.4) is 0 Å². The lowest BCUT2D eigenvalue weighted by Gasteiger charge is -2.32. The molecule has 6 heteroatoms. The van der Waals surface area contributed by atoms with Gasteiger partial charge >= 0.3 is 7.12 Å². The number of rotatable bonds is 3. The fourth-order valence-corrected chi connectivity index (χ4v) is 2.37. The highest BCUT2D eigenvalue weighted by Crippen LogP contribution is 2.38. The topological polar surface area (TPSA) is 61.6 Å². The molecule has 1 aliphatic heterocycles. The van der Waals surface area contributed by atoms with Gasteiger partial charge in [-0.25, -0.2) is 0 Å². The molecule has 0 atom stereocenters. The van der Waals surface area contributed by atoms with Crippen LogP contribution in [0, 0.1) is 17.0 Å². The van der Waals surface area contributed by atoms with E-state index in [2.05, 4.69) is 0 Å². The van der Waals surface area contributed by atoms with E-state index in [1.165, 1.54) is 0 Å². The molecule has 1 heterocycles. The van der Waals surface area contributed by atoms with Crippen LogP contribution in [-0.2, 0) is 15.6 Å². The normalized spacial score (nSPS) is 20.1. The van der Waals surface area contributed by atoms with E-state index in [4.69, 9.17) is 9.31 Å². The number of nitrogens with zero attached hydrogens (tertiary/aromatic N) is 1. The van der Waals surface area contributed by atoms with Gasteiger partial charge < -0.3 is 9.31 Å². The highest BCUT2D eigenvalue weighted by atomic mass is 16.7. The van der Waals surface area contributed by atoms with Crippen LogP contribution in [-0.4, -0.2) is 23.2 Å². The summed E-state index contributed by atoms with van der Waals surface area (Å²) in [4.78, 5) is 10.9. The van der Waals surface area contributed by atoms with E-state index < -0.39 is 18.3 Å². The number of aryl methyl sites for hydroxylation is 1. The Kier molecular flexibility index (Phi) is 3.65. The second-order valence-corrected chi connectivity index (χ2v) is 6.23. The predicted molar refractivity (Wildman–Crippen MR) is 77.6 cm³/mol. The monoisotopic (exact) mass is 277 g/mol. The fourth-order valence-electron chi connectivity index (χ4n) is 2.37. The number of nitro groups is 1. The summed E-state index contributed by atoms with van der Waals surface area (Å²) in [7, 11) is -0.458. The van der Waals surface area contributed by atoms with Gasteiger partial charge in [0.2, 0.25) is 0 Å². The summed E-state index contributed by atoms with van der Waals surface area (Å²) in [6, 6.07) is 5.32. The van der Waals surface area contributed by atoms with Crippen molar-refractivity contribution in [2.75, 3.05) is 0 Å². The summed E-state index contributed by atoms with van der Waals surface area (Å²) >= 11 is 0. The van der Waals surface area contributed by atoms with Crippen molar-refractivity contribution in [1.82, 2.24) is 0 Å². The number of hydrogen-bond acceptors (Lipinski definition) is 4. The molecule has 0 N–H and O–H groups in total. The van der Waals surface area contributed by atoms with Gasteiger partial charge in [0.15, 0.2) is 0 Å². The van der Waals surface area contributed by atoms with Gasteiger partial charge in [-0.15, -0.1) is 0 Å². The lowest BCUT2D eigenvalue weighted by atomic mass is 9.79. The molecule has 0 aromatic heterocycles. The molecule has 20 heavy (non-hydrogen) atoms. The second kappa shape index (κ2) is 4.86. The summed E-state index contributed by atoms with van der Waals surface area (Å²) in [5, 5.41) is 11.2. The van der Waals surface area contributed by atoms with E-state index in [1.807, 2.05) is 33.8 Å². The van der Waals surface area contributed by atoms with Gasteiger partial charge in [0.05, 0.1) is 16.1 Å². The SMILES string of the molecule is Cc1cccc(CB2OC(C)(C)C(C)(C)O2)c1[N+](=O)[O-]. The molecule has 0 unspecified atom stereocenters. The molecule has 1 fully saturated rings. The summed E-state index contributed by atoms with van der Waals surface area (Å²) in [5.74, 6) is 0. The van der Waals surface area contributed by atoms with Crippen LogP contribution in [0.4, 0.5) is 5.69 Å². The summed E-state index contributed by atoms with van der Waals surface area (Å²) < 4.78 is 11.8. The average molecular weight is 277 g/mol. The van der Waals surface area contributed by atoms with Crippen molar-refractivity contribution in [3.63, 3.8) is 0 Å². The first-order valence-electron chi connectivity index (χ1n) is 6.72. The zero-order valence-electron chi connectivity index (χ0n) is 12.6. The highest BCUT2D eigenvalue weighted by Gasteiger charge is 2.51. The first-order chi connectivity index (χ1) is 9.14. The summed E-state index contributed by atoms with van der Waals surface area (Å²) in [6.45, 7) is 9.62. The highest BCUT2D eigenvalue weighted by molar-refractivity contribution is 6.45. The minimum Gasteiger partial charge on any atom is -0.403 e. The fraction of sp³-hybridized carbons (Fsp3) is 0.571. The Labute approximate surface area is 119 Å². The van der Waals surface area contributed by atoms with Crippen LogP contribution in [0.5, 0.6) is 0 Å². The van der Waals surface area contributed by atoms with Crippen LogP contribution in [0.1, 0.15) is 38.8 Å². The van der Waals surface area contributed by atoms with Gasteiger partial charge in [0.25, 0.3) is 5.69 Å². The number of nitro benzene ring substituents is 1. The van der Waals surface area contributed by atoms with Crippen LogP contribution in [0.2, 0.25) is 0 Å². The third-order valence-corrected chi connectivity index (χ3v) is 4.19. The molecule has 1 aliphatic rings. The molecule has 0 radical (unpaired) electrons. The molecular weight excluding hydrogens is 257 g/mol. The van der Waals surface area contributed by atoms with Gasteiger partial charge in [-0.2, -0.15) is 0 Å². The lowest BCUT2D eigenvalue weighted by Crippen LogP contribution is -2.41. The first kappa shape index (κ1) is 15.0. The maximum atomic E-state index is 11.2. The zero-order chi connectivity index (χ0) is 15.1. The van der Waals surface area contributed by atoms with Crippen LogP contribution >= 0.6 is 0 Å². The van der Waals surface area contributed by atoms with Crippen LogP contribution in [0.15, 0.2) is 18.2 Å². The molecule has 1 aromatic carbocycles. The Morgan fingerprint density at radius 1 is 1.20 bits per heavy atom. The Morgan fingerprint density at radius 3 is 2.25 bits per heavy atom. The quantitative estimate of drug-likeness (QED) is 0.484. The molecule has 0 amide bonds. The maximum absolute atomic E-state index is 11.2. The van der Waals surface area contributed by atoms with Gasteiger partial charge in [0, 0.05) is 17.4 Å². The van der Waals surface area contributed by atoms with Crippen molar-refractivity contribution in [2.24, 2.45) is 0 Å². The molecule has 1 saturated heterocycles. The molecule has 0 spiro atoms. The molecule has 1 aromatic rings. The van der Waals surface area contributed by atoms with Crippen LogP contribution in [0.25, 0.3) is 0 Å². The van der Waals surface area contributed by atoms with E-state index >= 15 is 0 Å². The third-order valence-electron chi connectivity index (χ3n) is 4.19. The Morgan fingerprint density at radius 2 is 1.75 bits per heavy atom. The minimum atomic E-state index is -0.458. The molecular formula is C14H20BNO4. The Bertz CT molecular complexity index is 526. The van der Waals surface area contributed by atoms with Crippen LogP contribution < -0.4 is 0 Å². The van der Waals surface area contributed by atoms with Crippen molar-refractivity contribution in [1.29, 1.82) is 0 Å². The maximum Gasteiger partial charge on any atom is 0.462 e. The number of para-hydroxylation sites is 1. The van der Waals surface area contributed by atoms with Crippen molar-refractivity contribution in [3.8, 4) is 0 Å². The first-order valence-corrected chi connectivity index (χ1v) is 6.72. The minimum absolute atomic E-state index is 0.155. The van der Waals surface area contributed by atoms with Gasteiger partial charge in [-0.05, 0) is 34.6 Å². The van der Waals surface area contributed by atoms with E-state index in [0.717, 1.165) is 0 Å². The predicted octanol–water partition coefficient (Wildman–Crippen LogP) is 3.08. The number of benzene rings is 1. The molecule has 5 nitrogen and oxygen atoms in total. The lowest BCUT2D eigenvalue weighted by molar-refractivity contribution is -0.386. The smallest absolute Gasteiger partial charge is 0.403 e. The second-order valence-electron chi connectivity index (χ2n) is 6.23. The van der Waals surface area contributed by atoms with Crippen molar-refractivity contribution >= 4 is 12.8 Å². The van der Waals surface area contributed by atoms with Gasteiger partial charge in [-0.1, -0.05) is 18.2 Å². The van der Waals surface area contributed by atoms with Crippen molar-refractivity contribution in [2.45, 2.75) is 52.1 Å². The van der Waals surface area contributed by atoms with E-state index in [0.29, 0.717) is 17.4 Å². The molecule has 0 bridgehead atoms. The molecule has 2 rings (SSSR count). The van der Waals surface area contributed by atoms with E-state index in [9.17, 15) is 10.1 Å². The standard InChI is InChI=1S/C14H20BNO4/c1-10-7-6-8-11(12(10)16(17)18)9-15-19-13(2,3)14(4,5)20-15/h6-8H,9H2,1-5H3. The average Bonchev–Trinajstić information content (AvgIpc) is 2.46. The zero-order valence-corrected chi connectivity index (χ0v) is 12.6. The van der Waals surface area contributed by atoms with Crippen molar-refractivity contribution < 1.29 is 14.2 Å². The van der Waals surface area contributed by atoms with E-state index in [1.54, 1.807) is 19.1 Å². The molecule has 108 valence electrons. The number of hydrogen-bond donors (Lipinski definition) is 0. The molecule has 0 saturated carbocycles. The molecule has 0 aliphatic carbocycles. The largest absolute Gasteiger partial charge is 0.462 e. The van der Waals surface area contributed by atoms with E-state index in [-0.39, 0.29) is 10.6 Å². The Balaban J connectivity index is 2.25. The van der Waals surface area contributed by atoms with Gasteiger partial charge in [-0.3, -0.25) is 10.1 Å². The summed E-state index contributed by atoms with van der Waals surface area (Å²) in [6.07, 6.45) is 0.380.